The van der Waals surface area contributed by atoms with Crippen LogP contribution in [-0.2, 0) is 11.2 Å². The summed E-state index contributed by atoms with van der Waals surface area (Å²) in [6, 6.07) is 7.63. The van der Waals surface area contributed by atoms with Gasteiger partial charge in [0.1, 0.15) is 12.4 Å². The maximum atomic E-state index is 12.7. The Balaban J connectivity index is 1.91. The van der Waals surface area contributed by atoms with Crippen LogP contribution in [0.1, 0.15) is 18.7 Å². The number of aromatic nitrogens is 5. The molecule has 132 valence electrons. The number of halogens is 1. The summed E-state index contributed by atoms with van der Waals surface area (Å²) in [5.74, 6) is -1.16. The molecule has 0 spiro atoms. The largest absolute Gasteiger partial charge is 0.480 e. The third-order valence-electron chi connectivity index (χ3n) is 4.61. The van der Waals surface area contributed by atoms with Crippen LogP contribution in [0.15, 0.2) is 41.5 Å². The maximum absolute atomic E-state index is 12.7. The number of pyridine rings is 1. The molecule has 0 saturated carbocycles. The van der Waals surface area contributed by atoms with Gasteiger partial charge in [-0.1, -0.05) is 18.5 Å². The Morgan fingerprint density at radius 3 is 2.81 bits per heavy atom. The number of benzene rings is 1. The maximum Gasteiger partial charge on any atom is 0.327 e. The Hall–Kier alpha value is -3.00. The van der Waals surface area contributed by atoms with Crippen LogP contribution >= 0.6 is 11.6 Å². The van der Waals surface area contributed by atoms with Crippen LogP contribution in [0.3, 0.4) is 0 Å². The molecule has 2 aromatic heterocycles. The quantitative estimate of drug-likeness (QED) is 0.755. The number of nitrogens with zero attached hydrogens (tertiary/aromatic N) is 5. The van der Waals surface area contributed by atoms with Crippen molar-refractivity contribution in [1.29, 1.82) is 0 Å². The number of carbonyl (C=O) groups is 1. The van der Waals surface area contributed by atoms with Crippen molar-refractivity contribution in [2.24, 2.45) is 5.92 Å². The Morgan fingerprint density at radius 2 is 2.12 bits per heavy atom. The van der Waals surface area contributed by atoms with Gasteiger partial charge < -0.3 is 5.11 Å². The van der Waals surface area contributed by atoms with E-state index in [0.29, 0.717) is 34.0 Å². The highest BCUT2D eigenvalue weighted by atomic mass is 35.5. The van der Waals surface area contributed by atoms with E-state index in [0.717, 1.165) is 0 Å². The summed E-state index contributed by atoms with van der Waals surface area (Å²) < 4.78 is 2.84. The summed E-state index contributed by atoms with van der Waals surface area (Å²) in [6.45, 7) is 1.83. The molecule has 1 aromatic carbocycles. The lowest BCUT2D eigenvalue weighted by Gasteiger charge is -2.14. The number of carboxylic acid groups (broad SMARTS) is 1. The Labute approximate surface area is 152 Å². The Morgan fingerprint density at radius 1 is 1.31 bits per heavy atom. The molecule has 3 heterocycles. The van der Waals surface area contributed by atoms with E-state index >= 15 is 0 Å². The van der Waals surface area contributed by atoms with Gasteiger partial charge in [0.05, 0.1) is 5.69 Å². The van der Waals surface area contributed by atoms with Gasteiger partial charge in [0, 0.05) is 22.3 Å². The molecule has 8 nitrogen and oxygen atoms in total. The first-order chi connectivity index (χ1) is 12.5. The van der Waals surface area contributed by atoms with Gasteiger partial charge in [-0.05, 0) is 52.6 Å². The summed E-state index contributed by atoms with van der Waals surface area (Å²) in [5.41, 5.74) is 2.35. The molecule has 0 amide bonds. The Kier molecular flexibility index (Phi) is 3.84. The lowest BCUT2D eigenvalue weighted by molar-refractivity contribution is -0.141. The van der Waals surface area contributed by atoms with E-state index in [2.05, 4.69) is 15.5 Å². The molecule has 2 atom stereocenters. The second kappa shape index (κ2) is 6.06. The number of hydrogen-bond donors (Lipinski definition) is 1. The number of tetrazole rings is 1. The molecule has 0 saturated heterocycles. The average Bonchev–Trinajstić information content (AvgIpc) is 3.21. The highest BCUT2D eigenvalue weighted by Crippen LogP contribution is 2.34. The predicted octanol–water partition coefficient (Wildman–Crippen LogP) is 1.96. The van der Waals surface area contributed by atoms with Crippen LogP contribution in [0.25, 0.3) is 16.8 Å². The second-order valence-corrected chi connectivity index (χ2v) is 6.76. The monoisotopic (exact) mass is 371 g/mol. The summed E-state index contributed by atoms with van der Waals surface area (Å²) in [5, 5.41) is 21.1. The Bertz CT molecular complexity index is 1060. The van der Waals surface area contributed by atoms with E-state index in [9.17, 15) is 14.7 Å². The van der Waals surface area contributed by atoms with E-state index in [1.807, 2.05) is 13.0 Å². The number of fused-ring (bicyclic) bond motifs is 1. The minimum absolute atomic E-state index is 0.159. The first-order valence-electron chi connectivity index (χ1n) is 7.97. The van der Waals surface area contributed by atoms with Crippen LogP contribution in [0.5, 0.6) is 0 Å². The van der Waals surface area contributed by atoms with Crippen molar-refractivity contribution < 1.29 is 9.90 Å². The normalized spacial score (nSPS) is 18.7. The molecule has 0 fully saturated rings. The summed E-state index contributed by atoms with van der Waals surface area (Å²) in [4.78, 5) is 24.2. The number of aliphatic carboxylic acids is 1. The highest BCUT2D eigenvalue weighted by molar-refractivity contribution is 6.31. The van der Waals surface area contributed by atoms with Crippen LogP contribution in [0.4, 0.5) is 0 Å². The minimum atomic E-state index is -0.997. The highest BCUT2D eigenvalue weighted by Gasteiger charge is 2.35. The minimum Gasteiger partial charge on any atom is -0.480 e. The SMILES string of the molecule is C[C@H]1Cc2cc(-c3cc(Cl)ccc3-n3cnnn3)cc(=O)n2[C@@H]1C(=O)O. The van der Waals surface area contributed by atoms with Crippen molar-refractivity contribution in [3.05, 3.63) is 57.7 Å². The van der Waals surface area contributed by atoms with Gasteiger partial charge in [0.15, 0.2) is 0 Å². The molecular formula is C17H14ClN5O3. The van der Waals surface area contributed by atoms with Crippen molar-refractivity contribution in [3.63, 3.8) is 0 Å². The molecule has 9 heteroatoms. The molecule has 0 radical (unpaired) electrons. The van der Waals surface area contributed by atoms with E-state index in [1.165, 1.54) is 21.6 Å². The van der Waals surface area contributed by atoms with Crippen LogP contribution in [-0.4, -0.2) is 35.9 Å². The number of rotatable bonds is 3. The zero-order chi connectivity index (χ0) is 18.4. The van der Waals surface area contributed by atoms with Crippen LogP contribution < -0.4 is 5.56 Å². The molecule has 4 rings (SSSR count). The number of carboxylic acids is 1. The number of hydrogen-bond acceptors (Lipinski definition) is 5. The molecule has 3 aromatic rings. The first kappa shape index (κ1) is 16.5. The van der Waals surface area contributed by atoms with Crippen molar-refractivity contribution in [1.82, 2.24) is 24.8 Å². The van der Waals surface area contributed by atoms with Crippen LogP contribution in [0, 0.1) is 5.92 Å². The fraction of sp³-hybridized carbons (Fsp3) is 0.235. The molecule has 1 N–H and O–H groups in total. The van der Waals surface area contributed by atoms with E-state index in [1.54, 1.807) is 18.2 Å². The van der Waals surface area contributed by atoms with E-state index < -0.39 is 12.0 Å². The summed E-state index contributed by atoms with van der Waals surface area (Å²) in [6.07, 6.45) is 1.97. The van der Waals surface area contributed by atoms with Gasteiger partial charge in [0.2, 0.25) is 0 Å². The van der Waals surface area contributed by atoms with Crippen molar-refractivity contribution in [2.75, 3.05) is 0 Å². The van der Waals surface area contributed by atoms with Crippen molar-refractivity contribution in [2.45, 2.75) is 19.4 Å². The van der Waals surface area contributed by atoms with Crippen molar-refractivity contribution >= 4 is 17.6 Å². The van der Waals surface area contributed by atoms with Gasteiger partial charge in [0.25, 0.3) is 5.56 Å². The van der Waals surface area contributed by atoms with Gasteiger partial charge >= 0.3 is 5.97 Å². The molecule has 0 bridgehead atoms. The topological polar surface area (TPSA) is 103 Å². The van der Waals surface area contributed by atoms with Crippen LogP contribution in [0.2, 0.25) is 5.02 Å². The average molecular weight is 372 g/mol. The lowest BCUT2D eigenvalue weighted by atomic mass is 10.0. The van der Waals surface area contributed by atoms with Gasteiger partial charge in [-0.3, -0.25) is 9.36 Å². The van der Waals surface area contributed by atoms with Gasteiger partial charge in [-0.2, -0.15) is 4.68 Å². The predicted molar refractivity (Wildman–Crippen MR) is 93.4 cm³/mol. The third kappa shape index (κ3) is 2.59. The van der Waals surface area contributed by atoms with E-state index in [4.69, 9.17) is 11.6 Å². The van der Waals surface area contributed by atoms with E-state index in [-0.39, 0.29) is 11.5 Å². The fourth-order valence-electron chi connectivity index (χ4n) is 3.52. The second-order valence-electron chi connectivity index (χ2n) is 6.32. The van der Waals surface area contributed by atoms with Gasteiger partial charge in [-0.25, -0.2) is 4.79 Å². The molecule has 26 heavy (non-hydrogen) atoms. The van der Waals surface area contributed by atoms with Crippen molar-refractivity contribution in [3.8, 4) is 16.8 Å². The lowest BCUT2D eigenvalue weighted by Crippen LogP contribution is -2.29. The molecule has 1 aliphatic heterocycles. The fourth-order valence-corrected chi connectivity index (χ4v) is 3.70. The molecule has 0 aliphatic carbocycles. The molecular weight excluding hydrogens is 358 g/mol. The van der Waals surface area contributed by atoms with Gasteiger partial charge in [-0.15, -0.1) is 5.10 Å². The first-order valence-corrected chi connectivity index (χ1v) is 8.35. The third-order valence-corrected chi connectivity index (χ3v) is 4.85. The standard InChI is InChI=1S/C17H14ClN5O3/c1-9-4-12-5-10(6-15(24)23(12)16(9)17(25)26)13-7-11(18)2-3-14(13)22-8-19-20-21-22/h2-3,5-9,16H,4H2,1H3,(H,25,26)/t9-,16-/m0/s1. The zero-order valence-electron chi connectivity index (χ0n) is 13.7. The molecule has 0 unspecified atom stereocenters. The summed E-state index contributed by atoms with van der Waals surface area (Å²) >= 11 is 6.15. The smallest absolute Gasteiger partial charge is 0.327 e. The molecule has 1 aliphatic rings. The summed E-state index contributed by atoms with van der Waals surface area (Å²) in [7, 11) is 0. The zero-order valence-corrected chi connectivity index (χ0v) is 14.5.